The highest BCUT2D eigenvalue weighted by Gasteiger charge is 2.40. The van der Waals surface area contributed by atoms with Gasteiger partial charge in [0.25, 0.3) is 0 Å². The summed E-state index contributed by atoms with van der Waals surface area (Å²) in [7, 11) is 0. The van der Waals surface area contributed by atoms with Gasteiger partial charge >= 0.3 is 0 Å². The highest BCUT2D eigenvalue weighted by atomic mass is 16.5. The van der Waals surface area contributed by atoms with E-state index in [1.165, 1.54) is 72.3 Å². The maximum absolute atomic E-state index is 7.01. The van der Waals surface area contributed by atoms with E-state index in [9.17, 15) is 0 Å². The molecule has 4 nitrogen and oxygen atoms in total. The van der Waals surface area contributed by atoms with E-state index in [-0.39, 0.29) is 23.9 Å². The minimum Gasteiger partial charge on any atom is -0.485 e. The number of ether oxygens (including phenoxy) is 2. The average Bonchev–Trinajstić information content (AvgIpc) is 4.07. The fourth-order valence-corrected chi connectivity index (χ4v) is 10.8. The molecule has 62 heavy (non-hydrogen) atoms. The molecule has 0 N–H and O–H groups in total. The SMILES string of the molecule is CC1=c2oc3cc(C)c(-c4ccc5c(c4)C4C=C(c6ccccc6)C=CC4O5)cc3c2=C2Oc3cc(C)c(-c4ccc5oc6ccc(-c7ccccc7)cc6c5c4)cc3C2C1C. The molecule has 2 aliphatic heterocycles. The highest BCUT2D eigenvalue weighted by Crippen LogP contribution is 2.51. The molecule has 0 spiro atoms. The molecule has 0 fully saturated rings. The molecule has 2 aromatic heterocycles. The zero-order chi connectivity index (χ0) is 41.4. The third kappa shape index (κ3) is 5.19. The van der Waals surface area contributed by atoms with Crippen LogP contribution in [0.15, 0.2) is 167 Å². The summed E-state index contributed by atoms with van der Waals surface area (Å²) in [5.41, 5.74) is 19.2. The van der Waals surface area contributed by atoms with Crippen LogP contribution in [0, 0.1) is 19.8 Å². The fraction of sp³-hybridized carbons (Fsp3) is 0.138. The van der Waals surface area contributed by atoms with Gasteiger partial charge in [-0.3, -0.25) is 0 Å². The molecule has 0 saturated carbocycles. The minimum atomic E-state index is -0.00196. The predicted molar refractivity (Wildman–Crippen MR) is 251 cm³/mol. The lowest BCUT2D eigenvalue weighted by Crippen LogP contribution is -2.35. The Balaban J connectivity index is 0.910. The van der Waals surface area contributed by atoms with Crippen molar-refractivity contribution in [2.45, 2.75) is 45.6 Å². The van der Waals surface area contributed by atoms with E-state index < -0.39 is 0 Å². The quantitative estimate of drug-likeness (QED) is 0.178. The summed E-state index contributed by atoms with van der Waals surface area (Å²) in [6.07, 6.45) is 6.78. The molecule has 4 atom stereocenters. The largest absolute Gasteiger partial charge is 0.485 e. The van der Waals surface area contributed by atoms with Crippen LogP contribution in [0.25, 0.3) is 83.2 Å². The highest BCUT2D eigenvalue weighted by molar-refractivity contribution is 6.08. The Bertz CT molecular complexity index is 3580. The van der Waals surface area contributed by atoms with Crippen molar-refractivity contribution in [3.05, 3.63) is 196 Å². The van der Waals surface area contributed by atoms with Gasteiger partial charge in [-0.15, -0.1) is 0 Å². The molecule has 0 bridgehead atoms. The molecular formula is C58H42O4. The van der Waals surface area contributed by atoms with Gasteiger partial charge in [-0.05, 0) is 155 Å². The molecule has 4 unspecified atom stereocenters. The number of rotatable bonds is 4. The number of allylic oxidation sites excluding steroid dienone is 2. The lowest BCUT2D eigenvalue weighted by Gasteiger charge is -2.23. The van der Waals surface area contributed by atoms with Gasteiger partial charge in [0.05, 0.1) is 11.1 Å². The van der Waals surface area contributed by atoms with Gasteiger partial charge in [-0.25, -0.2) is 0 Å². The van der Waals surface area contributed by atoms with Crippen LogP contribution in [0.2, 0.25) is 0 Å². The number of furan rings is 2. The van der Waals surface area contributed by atoms with Gasteiger partial charge < -0.3 is 18.3 Å². The first-order valence-electron chi connectivity index (χ1n) is 21.7. The maximum atomic E-state index is 7.01. The van der Waals surface area contributed by atoms with Crippen LogP contribution in [0.4, 0.5) is 0 Å². The van der Waals surface area contributed by atoms with Crippen LogP contribution in [-0.4, -0.2) is 6.10 Å². The van der Waals surface area contributed by atoms with E-state index >= 15 is 0 Å². The van der Waals surface area contributed by atoms with Crippen molar-refractivity contribution in [2.24, 2.45) is 5.92 Å². The Labute approximate surface area is 359 Å². The maximum Gasteiger partial charge on any atom is 0.138 e. The van der Waals surface area contributed by atoms with Crippen LogP contribution < -0.4 is 20.1 Å². The van der Waals surface area contributed by atoms with Crippen molar-refractivity contribution >= 4 is 49.8 Å². The van der Waals surface area contributed by atoms with Gasteiger partial charge in [-0.1, -0.05) is 97.9 Å². The van der Waals surface area contributed by atoms with Crippen LogP contribution in [0.1, 0.15) is 53.5 Å². The van der Waals surface area contributed by atoms with Gasteiger partial charge in [0.2, 0.25) is 0 Å². The van der Waals surface area contributed by atoms with Crippen LogP contribution in [0.3, 0.4) is 0 Å². The standard InChI is InChI=1S/C58H42O4/c1-31-23-53-47(29-41(31)39-17-21-51-45(27-39)43-25-37(15-19-49(43)59-51)35-11-7-5-8-12-35)55-33(3)34(4)57-56(58(55)62-53)48-30-42(32(2)24-54(48)61-57)40-18-22-52-46(28-40)44-26-38(16-20-50(44)60-52)36-13-9-6-10-14-36/h5-30,33,44,50,55H,1-4H3. The first-order chi connectivity index (χ1) is 30.3. The molecule has 0 radical (unpaired) electrons. The normalized spacial score (nSPS) is 19.5. The number of benzene rings is 7. The Morgan fingerprint density at radius 1 is 0.516 bits per heavy atom. The van der Waals surface area contributed by atoms with Crippen molar-refractivity contribution in [3.8, 4) is 44.9 Å². The predicted octanol–water partition coefficient (Wildman–Crippen LogP) is 13.6. The molecular weight excluding hydrogens is 761 g/mol. The van der Waals surface area contributed by atoms with Crippen LogP contribution >= 0.6 is 0 Å². The molecule has 0 amide bonds. The van der Waals surface area contributed by atoms with Gasteiger partial charge in [-0.2, -0.15) is 0 Å². The van der Waals surface area contributed by atoms with E-state index in [0.29, 0.717) is 0 Å². The molecule has 4 heteroatoms. The minimum absolute atomic E-state index is 0.00196. The van der Waals surface area contributed by atoms with E-state index in [1.54, 1.807) is 0 Å². The summed E-state index contributed by atoms with van der Waals surface area (Å²) in [6, 6.07) is 50.1. The number of hydrogen-bond acceptors (Lipinski definition) is 4. The molecule has 7 aromatic carbocycles. The Kier molecular flexibility index (Phi) is 7.49. The average molecular weight is 803 g/mol. The van der Waals surface area contributed by atoms with Crippen molar-refractivity contribution < 1.29 is 18.3 Å². The summed E-state index contributed by atoms with van der Waals surface area (Å²) in [4.78, 5) is 0. The van der Waals surface area contributed by atoms with Gasteiger partial charge in [0.15, 0.2) is 0 Å². The van der Waals surface area contributed by atoms with Crippen LogP contribution in [0.5, 0.6) is 11.5 Å². The molecule has 13 rings (SSSR count). The second kappa shape index (κ2) is 13.1. The number of fused-ring (bicyclic) bond motifs is 12. The number of aryl methyl sites for hydroxylation is 2. The van der Waals surface area contributed by atoms with E-state index in [2.05, 4.69) is 185 Å². The molecule has 4 heterocycles. The van der Waals surface area contributed by atoms with Crippen molar-refractivity contribution in [3.63, 3.8) is 0 Å². The van der Waals surface area contributed by atoms with E-state index in [0.717, 1.165) is 60.8 Å². The molecule has 9 aromatic rings. The molecule has 2 aliphatic carbocycles. The topological polar surface area (TPSA) is 44.7 Å². The first kappa shape index (κ1) is 35.5. The van der Waals surface area contributed by atoms with Gasteiger partial charge in [0.1, 0.15) is 45.5 Å². The van der Waals surface area contributed by atoms with E-state index in [4.69, 9.17) is 18.3 Å². The lowest BCUT2D eigenvalue weighted by atomic mass is 9.78. The number of hydrogen-bond donors (Lipinski definition) is 0. The third-order valence-corrected chi connectivity index (χ3v) is 14.1. The second-order valence-electron chi connectivity index (χ2n) is 17.7. The van der Waals surface area contributed by atoms with Crippen molar-refractivity contribution in [1.29, 1.82) is 0 Å². The molecule has 298 valence electrons. The lowest BCUT2D eigenvalue weighted by molar-refractivity contribution is 0.269. The summed E-state index contributed by atoms with van der Waals surface area (Å²) in [6.45, 7) is 8.93. The Morgan fingerprint density at radius 2 is 1.19 bits per heavy atom. The summed E-state index contributed by atoms with van der Waals surface area (Å²) in [5.74, 6) is 3.28. The summed E-state index contributed by atoms with van der Waals surface area (Å²) in [5, 5.41) is 4.41. The fourth-order valence-electron chi connectivity index (χ4n) is 10.8. The van der Waals surface area contributed by atoms with Crippen molar-refractivity contribution in [1.82, 2.24) is 0 Å². The Morgan fingerprint density at radius 3 is 1.98 bits per heavy atom. The summed E-state index contributed by atoms with van der Waals surface area (Å²) < 4.78 is 26.6. The van der Waals surface area contributed by atoms with Crippen LogP contribution in [-0.2, 0) is 0 Å². The van der Waals surface area contributed by atoms with E-state index in [1.807, 2.05) is 0 Å². The second-order valence-corrected chi connectivity index (χ2v) is 17.7. The zero-order valence-electron chi connectivity index (χ0n) is 35.0. The summed E-state index contributed by atoms with van der Waals surface area (Å²) >= 11 is 0. The molecule has 4 aliphatic rings. The third-order valence-electron chi connectivity index (χ3n) is 14.1. The smallest absolute Gasteiger partial charge is 0.138 e. The first-order valence-corrected chi connectivity index (χ1v) is 21.7. The van der Waals surface area contributed by atoms with Crippen molar-refractivity contribution in [2.75, 3.05) is 0 Å². The zero-order valence-corrected chi connectivity index (χ0v) is 35.0. The molecule has 0 saturated heterocycles. The monoisotopic (exact) mass is 802 g/mol. The Hall–Kier alpha value is -7.30. The van der Waals surface area contributed by atoms with Gasteiger partial charge in [0, 0.05) is 33.2 Å².